The Kier molecular flexibility index (Phi) is 4.78. The van der Waals surface area contributed by atoms with Crippen molar-refractivity contribution in [1.82, 2.24) is 14.9 Å². The third kappa shape index (κ3) is 3.79. The number of rotatable bonds is 4. The van der Waals surface area contributed by atoms with Crippen LogP contribution in [-0.2, 0) is 11.3 Å². The smallest absolute Gasteiger partial charge is 0.240 e. The van der Waals surface area contributed by atoms with E-state index in [1.165, 1.54) is 0 Å². The van der Waals surface area contributed by atoms with E-state index in [-0.39, 0.29) is 11.9 Å². The number of hydrogen-bond acceptors (Lipinski definition) is 3. The van der Waals surface area contributed by atoms with Crippen LogP contribution in [0.4, 0.5) is 5.69 Å². The van der Waals surface area contributed by atoms with E-state index in [0.29, 0.717) is 16.6 Å². The van der Waals surface area contributed by atoms with Crippen LogP contribution in [0.25, 0.3) is 0 Å². The maximum Gasteiger partial charge on any atom is 0.240 e. The summed E-state index contributed by atoms with van der Waals surface area (Å²) in [6, 6.07) is 5.62. The molecule has 0 unspecified atom stereocenters. The molecule has 23 heavy (non-hydrogen) atoms. The number of benzene rings is 1. The number of nitrogens with one attached hydrogen (secondary N) is 1. The third-order valence-corrected chi connectivity index (χ3v) is 4.58. The lowest BCUT2D eigenvalue weighted by Crippen LogP contribution is -2.39. The molecule has 122 valence electrons. The van der Waals surface area contributed by atoms with Gasteiger partial charge in [0.2, 0.25) is 5.91 Å². The largest absolute Gasteiger partial charge is 0.368 e. The van der Waals surface area contributed by atoms with E-state index in [9.17, 15) is 4.79 Å². The Labute approximate surface area is 145 Å². The van der Waals surface area contributed by atoms with Crippen molar-refractivity contribution in [2.24, 2.45) is 0 Å². The molecule has 1 N–H and O–H groups in total. The van der Waals surface area contributed by atoms with Crippen molar-refractivity contribution >= 4 is 34.8 Å². The molecule has 2 aromatic rings. The highest BCUT2D eigenvalue weighted by atomic mass is 35.5. The molecule has 0 aliphatic carbocycles. The van der Waals surface area contributed by atoms with Crippen molar-refractivity contribution < 1.29 is 4.79 Å². The number of carbonyl (C=O) groups is 1. The van der Waals surface area contributed by atoms with Crippen LogP contribution in [0.5, 0.6) is 0 Å². The summed E-state index contributed by atoms with van der Waals surface area (Å²) in [6.07, 6.45) is 4.40. The fourth-order valence-corrected chi connectivity index (χ4v) is 3.36. The Bertz CT molecular complexity index is 716. The predicted octanol–water partition coefficient (Wildman–Crippen LogP) is 2.89. The number of halogens is 2. The van der Waals surface area contributed by atoms with Gasteiger partial charge in [-0.05, 0) is 31.5 Å². The molecular formula is C16H18Cl2N4O. The molecule has 3 rings (SSSR count). The van der Waals surface area contributed by atoms with Crippen molar-refractivity contribution in [2.45, 2.75) is 25.9 Å². The zero-order valence-corrected chi connectivity index (χ0v) is 14.3. The number of imidazole rings is 1. The summed E-state index contributed by atoms with van der Waals surface area (Å²) in [6.45, 7) is 3.78. The van der Waals surface area contributed by atoms with Crippen LogP contribution in [0.3, 0.4) is 0 Å². The molecular weight excluding hydrogens is 335 g/mol. The van der Waals surface area contributed by atoms with Crippen molar-refractivity contribution in [3.8, 4) is 0 Å². The highest BCUT2D eigenvalue weighted by Gasteiger charge is 2.25. The summed E-state index contributed by atoms with van der Waals surface area (Å²) < 4.78 is 1.83. The van der Waals surface area contributed by atoms with Crippen molar-refractivity contribution in [3.05, 3.63) is 46.5 Å². The fourth-order valence-electron chi connectivity index (χ4n) is 2.83. The molecule has 1 aromatic carbocycles. The zero-order valence-electron chi connectivity index (χ0n) is 12.8. The number of carbonyl (C=O) groups excluding carboxylic acids is 1. The average molecular weight is 353 g/mol. The number of anilines is 1. The lowest BCUT2D eigenvalue weighted by atomic mass is 10.2. The maximum absolute atomic E-state index is 12.2. The maximum atomic E-state index is 12.2. The van der Waals surface area contributed by atoms with E-state index in [4.69, 9.17) is 23.2 Å². The SMILES string of the molecule is Cc1nccn1CC(=O)N[C@@H]1CCN(c2ccc(Cl)cc2Cl)C1. The van der Waals surface area contributed by atoms with Crippen LogP contribution in [-0.4, -0.2) is 34.6 Å². The minimum Gasteiger partial charge on any atom is -0.368 e. The summed E-state index contributed by atoms with van der Waals surface area (Å²) in [5, 5.41) is 4.34. The van der Waals surface area contributed by atoms with Crippen LogP contribution in [0.15, 0.2) is 30.6 Å². The first kappa shape index (κ1) is 16.1. The highest BCUT2D eigenvalue weighted by molar-refractivity contribution is 6.36. The van der Waals surface area contributed by atoms with Gasteiger partial charge in [-0.1, -0.05) is 23.2 Å². The number of nitrogens with zero attached hydrogens (tertiary/aromatic N) is 3. The zero-order chi connectivity index (χ0) is 16.4. The van der Waals surface area contributed by atoms with Crippen LogP contribution in [0, 0.1) is 6.92 Å². The quantitative estimate of drug-likeness (QED) is 0.920. The van der Waals surface area contributed by atoms with Gasteiger partial charge in [0.15, 0.2) is 0 Å². The number of hydrogen-bond donors (Lipinski definition) is 1. The van der Waals surface area contributed by atoms with Crippen molar-refractivity contribution in [3.63, 3.8) is 0 Å². The Morgan fingerprint density at radius 2 is 2.26 bits per heavy atom. The van der Waals surface area contributed by atoms with Crippen LogP contribution < -0.4 is 10.2 Å². The molecule has 2 heterocycles. The molecule has 1 atom stereocenters. The van der Waals surface area contributed by atoms with Gasteiger partial charge in [-0.3, -0.25) is 4.79 Å². The first-order valence-corrected chi connectivity index (χ1v) is 8.25. The normalized spacial score (nSPS) is 17.5. The topological polar surface area (TPSA) is 50.2 Å². The van der Waals surface area contributed by atoms with E-state index >= 15 is 0 Å². The lowest BCUT2D eigenvalue weighted by Gasteiger charge is -2.20. The molecule has 0 bridgehead atoms. The Morgan fingerprint density at radius 1 is 1.43 bits per heavy atom. The molecule has 0 radical (unpaired) electrons. The van der Waals surface area contributed by atoms with E-state index in [1.807, 2.05) is 29.8 Å². The Morgan fingerprint density at radius 3 is 2.96 bits per heavy atom. The standard InChI is InChI=1S/C16H18Cl2N4O/c1-11-19-5-7-21(11)10-16(23)20-13-4-6-22(9-13)15-3-2-12(17)8-14(15)18/h2-3,5,7-8,13H,4,6,9-10H2,1H3,(H,20,23)/t13-/m1/s1. The van der Waals surface area contributed by atoms with Crippen molar-refractivity contribution in [2.75, 3.05) is 18.0 Å². The van der Waals surface area contributed by atoms with Crippen LogP contribution >= 0.6 is 23.2 Å². The van der Waals surface area contributed by atoms with Gasteiger partial charge in [-0.25, -0.2) is 4.98 Å². The second kappa shape index (κ2) is 6.81. The van der Waals surface area contributed by atoms with Gasteiger partial charge >= 0.3 is 0 Å². The third-order valence-electron chi connectivity index (χ3n) is 4.04. The van der Waals surface area contributed by atoms with Gasteiger partial charge in [0.1, 0.15) is 12.4 Å². The predicted molar refractivity (Wildman–Crippen MR) is 92.2 cm³/mol. The molecule has 1 saturated heterocycles. The number of aryl methyl sites for hydroxylation is 1. The summed E-state index contributed by atoms with van der Waals surface area (Å²) in [7, 11) is 0. The number of aromatic nitrogens is 2. The summed E-state index contributed by atoms with van der Waals surface area (Å²) >= 11 is 12.2. The highest BCUT2D eigenvalue weighted by Crippen LogP contribution is 2.31. The van der Waals surface area contributed by atoms with Gasteiger partial charge in [-0.15, -0.1) is 0 Å². The monoisotopic (exact) mass is 352 g/mol. The fraction of sp³-hybridized carbons (Fsp3) is 0.375. The van der Waals surface area contributed by atoms with Gasteiger partial charge in [0.05, 0.1) is 10.7 Å². The van der Waals surface area contributed by atoms with Gasteiger partial charge in [0.25, 0.3) is 0 Å². The van der Waals surface area contributed by atoms with E-state index in [2.05, 4.69) is 15.2 Å². The Balaban J connectivity index is 1.57. The summed E-state index contributed by atoms with van der Waals surface area (Å²) in [5.74, 6) is 0.835. The minimum absolute atomic E-state index is 0.000142. The molecule has 1 amide bonds. The molecule has 7 heteroatoms. The van der Waals surface area contributed by atoms with Gasteiger partial charge in [0, 0.05) is 36.5 Å². The lowest BCUT2D eigenvalue weighted by molar-refractivity contribution is -0.122. The number of amides is 1. The molecule has 1 aromatic heterocycles. The first-order chi connectivity index (χ1) is 11.0. The van der Waals surface area contributed by atoms with Gasteiger partial charge < -0.3 is 14.8 Å². The summed E-state index contributed by atoms with van der Waals surface area (Å²) in [5.41, 5.74) is 0.957. The molecule has 5 nitrogen and oxygen atoms in total. The first-order valence-electron chi connectivity index (χ1n) is 7.50. The molecule has 1 aliphatic rings. The second-order valence-electron chi connectivity index (χ2n) is 5.70. The minimum atomic E-state index is 0.000142. The van der Waals surface area contributed by atoms with Crippen LogP contribution in [0.1, 0.15) is 12.2 Å². The molecule has 1 fully saturated rings. The Hall–Kier alpha value is -1.72. The van der Waals surface area contributed by atoms with E-state index in [1.54, 1.807) is 12.3 Å². The second-order valence-corrected chi connectivity index (χ2v) is 6.54. The van der Waals surface area contributed by atoms with Crippen LogP contribution in [0.2, 0.25) is 10.0 Å². The molecule has 0 spiro atoms. The summed E-state index contributed by atoms with van der Waals surface area (Å²) in [4.78, 5) is 18.4. The van der Waals surface area contributed by atoms with E-state index in [0.717, 1.165) is 31.0 Å². The van der Waals surface area contributed by atoms with E-state index < -0.39 is 0 Å². The van der Waals surface area contributed by atoms with Gasteiger partial charge in [-0.2, -0.15) is 0 Å². The average Bonchev–Trinajstić information content (AvgIpc) is 3.09. The van der Waals surface area contributed by atoms with Crippen molar-refractivity contribution in [1.29, 1.82) is 0 Å². The molecule has 1 aliphatic heterocycles. The molecule has 0 saturated carbocycles.